The quantitative estimate of drug-likeness (QED) is 0.841. The van der Waals surface area contributed by atoms with Crippen LogP contribution in [0.1, 0.15) is 28.1 Å². The van der Waals surface area contributed by atoms with Gasteiger partial charge in [0.25, 0.3) is 5.91 Å². The average molecular weight is 319 g/mol. The molecule has 3 nitrogen and oxygen atoms in total. The summed E-state index contributed by atoms with van der Waals surface area (Å²) in [6, 6.07) is 10.0. The molecule has 0 radical (unpaired) electrons. The molecular formula is C17H18FNO2S. The first kappa shape index (κ1) is 15.2. The molecule has 1 fully saturated rings. The van der Waals surface area contributed by atoms with Gasteiger partial charge in [-0.15, -0.1) is 11.3 Å². The Morgan fingerprint density at radius 3 is 2.77 bits per heavy atom. The van der Waals surface area contributed by atoms with Gasteiger partial charge in [0.05, 0.1) is 11.0 Å². The van der Waals surface area contributed by atoms with E-state index in [0.717, 1.165) is 29.9 Å². The van der Waals surface area contributed by atoms with Crippen molar-refractivity contribution in [3.05, 3.63) is 58.0 Å². The Kier molecular flexibility index (Phi) is 4.85. The lowest BCUT2D eigenvalue weighted by atomic mass is 10.1. The van der Waals surface area contributed by atoms with Gasteiger partial charge in [0, 0.05) is 19.7 Å². The summed E-state index contributed by atoms with van der Waals surface area (Å²) < 4.78 is 18.7. The van der Waals surface area contributed by atoms with Crippen molar-refractivity contribution in [2.24, 2.45) is 0 Å². The molecule has 2 aromatic rings. The summed E-state index contributed by atoms with van der Waals surface area (Å²) in [4.78, 5) is 15.2. The molecule has 1 aromatic heterocycles. The lowest BCUT2D eigenvalue weighted by Gasteiger charge is -2.25. The lowest BCUT2D eigenvalue weighted by Crippen LogP contribution is -2.36. The number of ether oxygens (including phenoxy) is 1. The molecule has 2 heterocycles. The van der Waals surface area contributed by atoms with E-state index in [-0.39, 0.29) is 17.8 Å². The van der Waals surface area contributed by atoms with E-state index in [1.807, 2.05) is 17.5 Å². The molecule has 0 aliphatic carbocycles. The minimum Gasteiger partial charge on any atom is -0.376 e. The maximum Gasteiger partial charge on any atom is 0.264 e. The fraction of sp³-hybridized carbons (Fsp3) is 0.353. The van der Waals surface area contributed by atoms with Crippen molar-refractivity contribution in [2.45, 2.75) is 25.5 Å². The zero-order chi connectivity index (χ0) is 15.4. The Morgan fingerprint density at radius 1 is 1.32 bits per heavy atom. The molecule has 22 heavy (non-hydrogen) atoms. The number of halogens is 1. The number of nitrogens with zero attached hydrogens (tertiary/aromatic N) is 1. The fourth-order valence-electron chi connectivity index (χ4n) is 2.62. The summed E-state index contributed by atoms with van der Waals surface area (Å²) in [6.07, 6.45) is 2.13. The third-order valence-corrected chi connectivity index (χ3v) is 4.61. The van der Waals surface area contributed by atoms with Gasteiger partial charge in [-0.2, -0.15) is 0 Å². The molecule has 1 aliphatic rings. The summed E-state index contributed by atoms with van der Waals surface area (Å²) in [5, 5.41) is 1.90. The van der Waals surface area contributed by atoms with Crippen LogP contribution in [0.3, 0.4) is 0 Å². The highest BCUT2D eigenvalue weighted by Gasteiger charge is 2.24. The van der Waals surface area contributed by atoms with Crippen molar-refractivity contribution < 1.29 is 13.9 Å². The third kappa shape index (κ3) is 3.72. The van der Waals surface area contributed by atoms with Crippen molar-refractivity contribution in [2.75, 3.05) is 13.2 Å². The first-order valence-electron chi connectivity index (χ1n) is 7.41. The first-order chi connectivity index (χ1) is 10.7. The molecule has 1 aromatic carbocycles. The molecule has 116 valence electrons. The van der Waals surface area contributed by atoms with Crippen molar-refractivity contribution in [3.63, 3.8) is 0 Å². The Bertz CT molecular complexity index is 606. The van der Waals surface area contributed by atoms with Crippen molar-refractivity contribution >= 4 is 17.2 Å². The Labute approximate surface area is 133 Å². The number of carbonyl (C=O) groups excluding carboxylic acids is 1. The molecule has 0 bridgehead atoms. The molecule has 3 rings (SSSR count). The molecule has 0 spiro atoms. The zero-order valence-electron chi connectivity index (χ0n) is 12.2. The van der Waals surface area contributed by atoms with E-state index in [1.54, 1.807) is 17.0 Å². The van der Waals surface area contributed by atoms with Gasteiger partial charge < -0.3 is 9.64 Å². The highest BCUT2D eigenvalue weighted by molar-refractivity contribution is 7.12. The van der Waals surface area contributed by atoms with Gasteiger partial charge in [-0.3, -0.25) is 4.79 Å². The van der Waals surface area contributed by atoms with Crippen LogP contribution in [0.2, 0.25) is 0 Å². The smallest absolute Gasteiger partial charge is 0.264 e. The third-order valence-electron chi connectivity index (χ3n) is 3.75. The highest BCUT2D eigenvalue weighted by Crippen LogP contribution is 2.19. The molecule has 1 atom stereocenters. The SMILES string of the molecule is O=C(c1cccs1)N(Cc1ccc(F)cc1)CC1CCCO1. The van der Waals surface area contributed by atoms with Crippen LogP contribution >= 0.6 is 11.3 Å². The second-order valence-electron chi connectivity index (χ2n) is 5.42. The summed E-state index contributed by atoms with van der Waals surface area (Å²) >= 11 is 1.44. The lowest BCUT2D eigenvalue weighted by molar-refractivity contribution is 0.0511. The predicted octanol–water partition coefficient (Wildman–Crippen LogP) is 3.71. The summed E-state index contributed by atoms with van der Waals surface area (Å²) in [7, 11) is 0. The fourth-order valence-corrected chi connectivity index (χ4v) is 3.31. The van der Waals surface area contributed by atoms with E-state index >= 15 is 0 Å². The maximum atomic E-state index is 13.0. The first-order valence-corrected chi connectivity index (χ1v) is 8.29. The molecule has 1 amide bonds. The molecule has 0 N–H and O–H groups in total. The van der Waals surface area contributed by atoms with E-state index in [0.29, 0.717) is 13.1 Å². The molecule has 1 unspecified atom stereocenters. The normalized spacial score (nSPS) is 17.6. The Balaban J connectivity index is 1.75. The number of hydrogen-bond acceptors (Lipinski definition) is 3. The number of hydrogen-bond donors (Lipinski definition) is 0. The van der Waals surface area contributed by atoms with Crippen LogP contribution in [0, 0.1) is 5.82 Å². The summed E-state index contributed by atoms with van der Waals surface area (Å²) in [5.41, 5.74) is 0.921. The number of amides is 1. The van der Waals surface area contributed by atoms with Gasteiger partial charge in [0.2, 0.25) is 0 Å². The van der Waals surface area contributed by atoms with Gasteiger partial charge >= 0.3 is 0 Å². The van der Waals surface area contributed by atoms with Crippen LogP contribution in [0.25, 0.3) is 0 Å². The van der Waals surface area contributed by atoms with Crippen LogP contribution in [-0.2, 0) is 11.3 Å². The van der Waals surface area contributed by atoms with Gasteiger partial charge in [0.1, 0.15) is 5.82 Å². The van der Waals surface area contributed by atoms with Crippen LogP contribution in [0.15, 0.2) is 41.8 Å². The second-order valence-corrected chi connectivity index (χ2v) is 6.37. The van der Waals surface area contributed by atoms with E-state index in [4.69, 9.17) is 4.74 Å². The number of rotatable bonds is 5. The number of thiophene rings is 1. The van der Waals surface area contributed by atoms with Crippen LogP contribution in [0.4, 0.5) is 4.39 Å². The van der Waals surface area contributed by atoms with E-state index in [2.05, 4.69) is 0 Å². The van der Waals surface area contributed by atoms with Gasteiger partial charge in [-0.05, 0) is 42.0 Å². The van der Waals surface area contributed by atoms with Crippen molar-refractivity contribution in [3.8, 4) is 0 Å². The Hall–Kier alpha value is -1.72. The zero-order valence-corrected chi connectivity index (χ0v) is 13.0. The molecular weight excluding hydrogens is 301 g/mol. The predicted molar refractivity (Wildman–Crippen MR) is 84.4 cm³/mol. The van der Waals surface area contributed by atoms with Gasteiger partial charge in [-0.25, -0.2) is 4.39 Å². The molecule has 5 heteroatoms. The van der Waals surface area contributed by atoms with E-state index in [9.17, 15) is 9.18 Å². The van der Waals surface area contributed by atoms with Crippen LogP contribution in [-0.4, -0.2) is 30.1 Å². The van der Waals surface area contributed by atoms with Crippen LogP contribution in [0.5, 0.6) is 0 Å². The van der Waals surface area contributed by atoms with E-state index < -0.39 is 0 Å². The number of carbonyl (C=O) groups is 1. The molecule has 1 aliphatic heterocycles. The number of benzene rings is 1. The van der Waals surface area contributed by atoms with E-state index in [1.165, 1.54) is 23.5 Å². The molecule has 1 saturated heterocycles. The Morgan fingerprint density at radius 2 is 2.14 bits per heavy atom. The topological polar surface area (TPSA) is 29.5 Å². The minimum absolute atomic E-state index is 0.00910. The minimum atomic E-state index is -0.265. The standard InChI is InChI=1S/C17H18FNO2S/c18-14-7-5-13(6-8-14)11-19(12-15-3-1-9-21-15)17(20)16-4-2-10-22-16/h2,4-8,10,15H,1,3,9,11-12H2. The van der Waals surface area contributed by atoms with Gasteiger partial charge in [0.15, 0.2) is 0 Å². The second kappa shape index (κ2) is 7.03. The maximum absolute atomic E-state index is 13.0. The monoisotopic (exact) mass is 319 g/mol. The summed E-state index contributed by atoms with van der Waals surface area (Å²) in [5.74, 6) is -0.256. The van der Waals surface area contributed by atoms with Crippen molar-refractivity contribution in [1.29, 1.82) is 0 Å². The summed E-state index contributed by atoms with van der Waals surface area (Å²) in [6.45, 7) is 1.81. The largest absolute Gasteiger partial charge is 0.376 e. The molecule has 0 saturated carbocycles. The van der Waals surface area contributed by atoms with Gasteiger partial charge in [-0.1, -0.05) is 18.2 Å². The average Bonchev–Trinajstić information content (AvgIpc) is 3.21. The van der Waals surface area contributed by atoms with Crippen LogP contribution < -0.4 is 0 Å². The highest BCUT2D eigenvalue weighted by atomic mass is 32.1. The van der Waals surface area contributed by atoms with Crippen molar-refractivity contribution in [1.82, 2.24) is 4.90 Å².